The van der Waals surface area contributed by atoms with E-state index < -0.39 is 0 Å². The zero-order chi connectivity index (χ0) is 20.8. The van der Waals surface area contributed by atoms with Crippen LogP contribution in [-0.2, 0) is 5.54 Å². The smallest absolute Gasteiger partial charge is 0.0959 e. The zero-order valence-corrected chi connectivity index (χ0v) is 17.8. The number of anilines is 1. The molecule has 0 radical (unpaired) electrons. The number of fused-ring (bicyclic) bond motifs is 4. The standard InChI is InChI=1S/C26H27N5/c1-19-3-9-23-24(10-4-19)26(31-18-27-17-25(23)31)11-2-13-30(14-12-26)22-7-5-20(6-8-22)21-15-28-29-16-21/h3-10,15-19H,2,11-14H2,1H3,(H,28,29)/t19?,26-/m0/s1. The lowest BCUT2D eigenvalue weighted by Crippen LogP contribution is -2.34. The third-order valence-electron chi connectivity index (χ3n) is 7.18. The van der Waals surface area contributed by atoms with Crippen LogP contribution < -0.4 is 4.90 Å². The van der Waals surface area contributed by atoms with E-state index in [0.717, 1.165) is 37.9 Å². The van der Waals surface area contributed by atoms with Crippen LogP contribution in [0.3, 0.4) is 0 Å². The number of hydrogen-bond donors (Lipinski definition) is 1. The van der Waals surface area contributed by atoms with Crippen LogP contribution in [0.1, 0.15) is 31.9 Å². The third kappa shape index (κ3) is 2.91. The second-order valence-electron chi connectivity index (χ2n) is 8.96. The van der Waals surface area contributed by atoms with Crippen molar-refractivity contribution in [2.75, 3.05) is 18.0 Å². The van der Waals surface area contributed by atoms with Gasteiger partial charge < -0.3 is 9.47 Å². The Morgan fingerprint density at radius 1 is 1.00 bits per heavy atom. The summed E-state index contributed by atoms with van der Waals surface area (Å²) in [6.07, 6.45) is 20.6. The molecular weight excluding hydrogens is 382 g/mol. The highest BCUT2D eigenvalue weighted by molar-refractivity contribution is 5.82. The Kier molecular flexibility index (Phi) is 4.23. The lowest BCUT2D eigenvalue weighted by Gasteiger charge is -2.33. The molecule has 0 amide bonds. The fourth-order valence-electron chi connectivity index (χ4n) is 5.50. The van der Waals surface area contributed by atoms with Crippen molar-refractivity contribution in [3.05, 3.63) is 84.8 Å². The molecule has 5 nitrogen and oxygen atoms in total. The van der Waals surface area contributed by atoms with Crippen molar-refractivity contribution in [1.82, 2.24) is 19.7 Å². The maximum Gasteiger partial charge on any atom is 0.0959 e. The summed E-state index contributed by atoms with van der Waals surface area (Å²) in [5.74, 6) is 0.468. The van der Waals surface area contributed by atoms with Gasteiger partial charge in [0.25, 0.3) is 0 Å². The molecule has 4 heterocycles. The molecule has 2 aromatic heterocycles. The minimum Gasteiger partial charge on any atom is -0.371 e. The monoisotopic (exact) mass is 409 g/mol. The predicted octanol–water partition coefficient (Wildman–Crippen LogP) is 5.19. The summed E-state index contributed by atoms with van der Waals surface area (Å²) in [5, 5.41) is 6.96. The molecule has 1 fully saturated rings. The number of rotatable bonds is 2. The summed E-state index contributed by atoms with van der Waals surface area (Å²) in [6, 6.07) is 8.90. The van der Waals surface area contributed by atoms with E-state index in [4.69, 9.17) is 0 Å². The summed E-state index contributed by atoms with van der Waals surface area (Å²) in [4.78, 5) is 7.07. The molecule has 0 saturated carbocycles. The Morgan fingerprint density at radius 2 is 1.87 bits per heavy atom. The van der Waals surface area contributed by atoms with Gasteiger partial charge in [0.2, 0.25) is 0 Å². The first-order chi connectivity index (χ1) is 15.2. The molecule has 2 aliphatic heterocycles. The van der Waals surface area contributed by atoms with Crippen molar-refractivity contribution in [3.63, 3.8) is 0 Å². The molecule has 1 spiro atoms. The topological polar surface area (TPSA) is 49.7 Å². The first-order valence-electron chi connectivity index (χ1n) is 11.2. The summed E-state index contributed by atoms with van der Waals surface area (Å²) in [5.41, 5.74) is 7.73. The van der Waals surface area contributed by atoms with Crippen LogP contribution in [0.2, 0.25) is 0 Å². The molecule has 3 aliphatic rings. The van der Waals surface area contributed by atoms with E-state index in [0.29, 0.717) is 5.92 Å². The number of aromatic amines is 1. The normalized spacial score (nSPS) is 24.9. The molecule has 1 aromatic carbocycles. The minimum atomic E-state index is 0.0115. The van der Waals surface area contributed by atoms with E-state index in [2.05, 4.69) is 80.1 Å². The molecule has 5 heteroatoms. The maximum atomic E-state index is 4.53. The summed E-state index contributed by atoms with van der Waals surface area (Å²) >= 11 is 0. The lowest BCUT2D eigenvalue weighted by molar-refractivity contribution is 0.326. The van der Waals surface area contributed by atoms with Gasteiger partial charge in [0.05, 0.1) is 30.0 Å². The van der Waals surface area contributed by atoms with Crippen molar-refractivity contribution in [1.29, 1.82) is 0 Å². The zero-order valence-electron chi connectivity index (χ0n) is 17.8. The van der Waals surface area contributed by atoms with E-state index in [-0.39, 0.29) is 5.54 Å². The molecule has 156 valence electrons. The maximum absolute atomic E-state index is 4.53. The van der Waals surface area contributed by atoms with E-state index in [9.17, 15) is 0 Å². The van der Waals surface area contributed by atoms with Gasteiger partial charge in [-0.15, -0.1) is 0 Å². The fraction of sp³-hybridized carbons (Fsp3) is 0.308. The minimum absolute atomic E-state index is 0.0115. The van der Waals surface area contributed by atoms with E-state index in [1.807, 2.05) is 24.9 Å². The van der Waals surface area contributed by atoms with Crippen molar-refractivity contribution in [2.45, 2.75) is 31.7 Å². The van der Waals surface area contributed by atoms with Crippen LogP contribution in [0.4, 0.5) is 5.69 Å². The molecular formula is C26H27N5. The van der Waals surface area contributed by atoms with Crippen molar-refractivity contribution in [2.24, 2.45) is 5.92 Å². The number of nitrogens with zero attached hydrogens (tertiary/aromatic N) is 4. The molecule has 1 unspecified atom stereocenters. The van der Waals surface area contributed by atoms with Crippen molar-refractivity contribution < 1.29 is 0 Å². The number of imidazole rings is 1. The van der Waals surface area contributed by atoms with Crippen LogP contribution >= 0.6 is 0 Å². The Labute approximate surface area is 182 Å². The number of benzene rings is 1. The van der Waals surface area contributed by atoms with Crippen LogP contribution in [0.5, 0.6) is 0 Å². The average Bonchev–Trinajstić information content (AvgIpc) is 3.46. The van der Waals surface area contributed by atoms with Crippen molar-refractivity contribution >= 4 is 11.3 Å². The summed E-state index contributed by atoms with van der Waals surface area (Å²) in [6.45, 7) is 4.36. The highest BCUT2D eigenvalue weighted by atomic mass is 15.2. The number of hydrogen-bond acceptors (Lipinski definition) is 3. The summed E-state index contributed by atoms with van der Waals surface area (Å²) < 4.78 is 2.45. The van der Waals surface area contributed by atoms with Gasteiger partial charge in [-0.2, -0.15) is 5.10 Å². The van der Waals surface area contributed by atoms with Gasteiger partial charge in [-0.3, -0.25) is 5.10 Å². The molecule has 2 atom stereocenters. The fourth-order valence-corrected chi connectivity index (χ4v) is 5.50. The quantitative estimate of drug-likeness (QED) is 0.634. The predicted molar refractivity (Wildman–Crippen MR) is 125 cm³/mol. The van der Waals surface area contributed by atoms with Crippen molar-refractivity contribution in [3.8, 4) is 11.1 Å². The second kappa shape index (κ2) is 7.12. The largest absolute Gasteiger partial charge is 0.371 e. The lowest BCUT2D eigenvalue weighted by atomic mass is 9.82. The molecule has 1 N–H and O–H groups in total. The average molecular weight is 410 g/mol. The first-order valence-corrected chi connectivity index (χ1v) is 11.2. The third-order valence-corrected chi connectivity index (χ3v) is 7.18. The molecule has 1 aliphatic carbocycles. The van der Waals surface area contributed by atoms with Crippen LogP contribution in [0.25, 0.3) is 16.7 Å². The van der Waals surface area contributed by atoms with Gasteiger partial charge in [0.1, 0.15) is 0 Å². The Balaban J connectivity index is 1.31. The van der Waals surface area contributed by atoms with E-state index >= 15 is 0 Å². The van der Waals surface area contributed by atoms with Gasteiger partial charge in [-0.1, -0.05) is 43.4 Å². The Hall–Kier alpha value is -3.34. The molecule has 31 heavy (non-hydrogen) atoms. The molecule has 1 saturated heterocycles. The van der Waals surface area contributed by atoms with Gasteiger partial charge in [0.15, 0.2) is 0 Å². The van der Waals surface area contributed by atoms with E-state index in [1.165, 1.54) is 28.1 Å². The summed E-state index contributed by atoms with van der Waals surface area (Å²) in [7, 11) is 0. The van der Waals surface area contributed by atoms with Gasteiger partial charge in [-0.05, 0) is 48.4 Å². The molecule has 6 rings (SSSR count). The number of aromatic nitrogens is 4. The first kappa shape index (κ1) is 18.4. The SMILES string of the molecule is CC1C=CC2=C(C=C1)[C@@]1(CCCN(c3ccc(-c4cn[nH]c4)cc3)CC1)n1cncc12. The Bertz CT molecular complexity index is 1180. The highest BCUT2D eigenvalue weighted by Crippen LogP contribution is 2.49. The number of allylic oxidation sites excluding steroid dienone is 6. The second-order valence-corrected chi connectivity index (χ2v) is 8.96. The van der Waals surface area contributed by atoms with E-state index in [1.54, 1.807) is 0 Å². The van der Waals surface area contributed by atoms with Gasteiger partial charge >= 0.3 is 0 Å². The highest BCUT2D eigenvalue weighted by Gasteiger charge is 2.44. The van der Waals surface area contributed by atoms with Crippen LogP contribution in [0.15, 0.2) is 79.1 Å². The molecule has 3 aromatic rings. The van der Waals surface area contributed by atoms with Crippen LogP contribution in [-0.4, -0.2) is 32.8 Å². The molecule has 0 bridgehead atoms. The van der Waals surface area contributed by atoms with Crippen LogP contribution in [0, 0.1) is 5.92 Å². The Morgan fingerprint density at radius 3 is 2.71 bits per heavy atom. The van der Waals surface area contributed by atoms with Gasteiger partial charge in [0, 0.05) is 36.1 Å². The number of nitrogens with one attached hydrogen (secondary N) is 1. The number of H-pyrrole nitrogens is 1. The van der Waals surface area contributed by atoms with Gasteiger partial charge in [-0.25, -0.2) is 4.98 Å².